The second-order valence-corrected chi connectivity index (χ2v) is 8.14. The molecule has 1 aromatic heterocycles. The smallest absolute Gasteiger partial charge is 0.226 e. The molecule has 2 heterocycles. The summed E-state index contributed by atoms with van der Waals surface area (Å²) < 4.78 is 6.41. The molecule has 0 bridgehead atoms. The number of nitrogens with zero attached hydrogens (tertiary/aromatic N) is 2. The van der Waals surface area contributed by atoms with Crippen LogP contribution in [0, 0.1) is 5.92 Å². The molecule has 2 aliphatic rings. The highest BCUT2D eigenvalue weighted by atomic mass is 32.1. The van der Waals surface area contributed by atoms with Gasteiger partial charge in [-0.2, -0.15) is 0 Å². The van der Waals surface area contributed by atoms with Gasteiger partial charge in [-0.15, -0.1) is 0 Å². The van der Waals surface area contributed by atoms with E-state index in [0.29, 0.717) is 6.04 Å². The average molecular weight is 359 g/mol. The molecule has 5 nitrogen and oxygen atoms in total. The lowest BCUT2D eigenvalue weighted by Crippen LogP contribution is -2.55. The van der Waals surface area contributed by atoms with E-state index in [2.05, 4.69) is 10.2 Å². The standard InChI is InChI=1S/C19H25N3O2S/c1-24-15-8-9-17-16(10-15)21-19(25-17)22-11-13(12-22)18(23)20-14-6-4-2-3-5-7-14/h8-10,13-14H,2-7,11-12H2,1H3,(H,20,23). The third kappa shape index (κ3) is 3.59. The van der Waals surface area contributed by atoms with Crippen LogP contribution in [-0.2, 0) is 4.79 Å². The Kier molecular flexibility index (Phi) is 4.79. The highest BCUT2D eigenvalue weighted by molar-refractivity contribution is 7.22. The van der Waals surface area contributed by atoms with Crippen LogP contribution in [0.2, 0.25) is 0 Å². The fraction of sp³-hybridized carbons (Fsp3) is 0.579. The number of hydrogen-bond donors (Lipinski definition) is 1. The number of methoxy groups -OCH3 is 1. The Morgan fingerprint density at radius 3 is 2.72 bits per heavy atom. The number of rotatable bonds is 4. The van der Waals surface area contributed by atoms with Crippen molar-refractivity contribution in [2.45, 2.75) is 44.6 Å². The Balaban J connectivity index is 1.34. The highest BCUT2D eigenvalue weighted by Crippen LogP contribution is 2.34. The quantitative estimate of drug-likeness (QED) is 0.848. The molecule has 134 valence electrons. The first kappa shape index (κ1) is 16.6. The van der Waals surface area contributed by atoms with E-state index in [4.69, 9.17) is 9.72 Å². The average Bonchev–Trinajstić information content (AvgIpc) is 2.80. The minimum absolute atomic E-state index is 0.102. The fourth-order valence-corrected chi connectivity index (χ4v) is 4.66. The molecule has 1 saturated heterocycles. The van der Waals surface area contributed by atoms with Crippen LogP contribution in [0.5, 0.6) is 5.75 Å². The second kappa shape index (κ2) is 7.20. The molecule has 2 aromatic rings. The Morgan fingerprint density at radius 1 is 1.24 bits per heavy atom. The van der Waals surface area contributed by atoms with E-state index in [9.17, 15) is 4.79 Å². The third-order valence-electron chi connectivity index (χ3n) is 5.31. The predicted octanol–water partition coefficient (Wildman–Crippen LogP) is 3.58. The first-order valence-electron chi connectivity index (χ1n) is 9.23. The predicted molar refractivity (Wildman–Crippen MR) is 102 cm³/mol. The van der Waals surface area contributed by atoms with Crippen molar-refractivity contribution in [1.29, 1.82) is 0 Å². The van der Waals surface area contributed by atoms with Crippen LogP contribution in [0.3, 0.4) is 0 Å². The molecule has 2 fully saturated rings. The Morgan fingerprint density at radius 2 is 2.00 bits per heavy atom. The highest BCUT2D eigenvalue weighted by Gasteiger charge is 2.35. The number of nitrogens with one attached hydrogen (secondary N) is 1. The number of thiazole rings is 1. The summed E-state index contributed by atoms with van der Waals surface area (Å²) in [5.74, 6) is 1.16. The maximum absolute atomic E-state index is 12.5. The number of hydrogen-bond acceptors (Lipinski definition) is 5. The summed E-state index contributed by atoms with van der Waals surface area (Å²) in [7, 11) is 1.67. The maximum atomic E-state index is 12.5. The summed E-state index contributed by atoms with van der Waals surface area (Å²) in [6.07, 6.45) is 7.40. The first-order chi connectivity index (χ1) is 12.2. The Bertz CT molecular complexity index is 746. The van der Waals surface area contributed by atoms with Crippen LogP contribution in [0.15, 0.2) is 18.2 Å². The van der Waals surface area contributed by atoms with Gasteiger partial charge in [-0.3, -0.25) is 4.79 Å². The van der Waals surface area contributed by atoms with E-state index >= 15 is 0 Å². The molecule has 6 heteroatoms. The van der Waals surface area contributed by atoms with Gasteiger partial charge in [0.2, 0.25) is 5.91 Å². The van der Waals surface area contributed by atoms with Gasteiger partial charge < -0.3 is 15.0 Å². The zero-order chi connectivity index (χ0) is 17.2. The molecule has 1 amide bonds. The summed E-state index contributed by atoms with van der Waals surface area (Å²) in [6.45, 7) is 1.55. The number of carbonyl (C=O) groups excluding carboxylic acids is 1. The Labute approximate surface area is 152 Å². The van der Waals surface area contributed by atoms with E-state index in [0.717, 1.165) is 47.0 Å². The van der Waals surface area contributed by atoms with Gasteiger partial charge in [0.15, 0.2) is 5.13 Å². The number of amides is 1. The second-order valence-electron chi connectivity index (χ2n) is 7.13. The Hall–Kier alpha value is -1.82. The van der Waals surface area contributed by atoms with Gasteiger partial charge in [0.1, 0.15) is 5.75 Å². The number of benzene rings is 1. The molecule has 1 saturated carbocycles. The minimum Gasteiger partial charge on any atom is -0.497 e. The molecule has 0 unspecified atom stereocenters. The molecule has 1 aromatic carbocycles. The minimum atomic E-state index is 0.102. The number of carbonyl (C=O) groups is 1. The topological polar surface area (TPSA) is 54.5 Å². The number of ether oxygens (including phenoxy) is 1. The summed E-state index contributed by atoms with van der Waals surface area (Å²) >= 11 is 1.68. The maximum Gasteiger partial charge on any atom is 0.226 e. The van der Waals surface area contributed by atoms with Crippen LogP contribution < -0.4 is 15.0 Å². The summed E-state index contributed by atoms with van der Waals surface area (Å²) in [5, 5.41) is 4.28. The molecular formula is C19H25N3O2S. The van der Waals surface area contributed by atoms with Gasteiger partial charge in [0, 0.05) is 25.2 Å². The van der Waals surface area contributed by atoms with Crippen molar-refractivity contribution in [3.63, 3.8) is 0 Å². The van der Waals surface area contributed by atoms with Gasteiger partial charge in [0.05, 0.1) is 23.2 Å². The number of aromatic nitrogens is 1. The van der Waals surface area contributed by atoms with E-state index in [-0.39, 0.29) is 11.8 Å². The first-order valence-corrected chi connectivity index (χ1v) is 10.0. The molecule has 0 atom stereocenters. The summed E-state index contributed by atoms with van der Waals surface area (Å²) in [5.41, 5.74) is 0.964. The van der Waals surface area contributed by atoms with Gasteiger partial charge >= 0.3 is 0 Å². The molecule has 1 aliphatic carbocycles. The summed E-state index contributed by atoms with van der Waals surface area (Å²) in [6, 6.07) is 6.36. The number of fused-ring (bicyclic) bond motifs is 1. The van der Waals surface area contributed by atoms with Gasteiger partial charge in [0.25, 0.3) is 0 Å². The molecule has 0 radical (unpaired) electrons. The molecule has 25 heavy (non-hydrogen) atoms. The lowest BCUT2D eigenvalue weighted by Gasteiger charge is -2.38. The largest absolute Gasteiger partial charge is 0.497 e. The SMILES string of the molecule is COc1ccc2sc(N3CC(C(=O)NC4CCCCCC4)C3)nc2c1. The van der Waals surface area contributed by atoms with Crippen LogP contribution >= 0.6 is 11.3 Å². The van der Waals surface area contributed by atoms with Crippen LogP contribution in [0.25, 0.3) is 10.2 Å². The fourth-order valence-electron chi connectivity index (χ4n) is 3.70. The van der Waals surface area contributed by atoms with Crippen molar-refractivity contribution in [2.75, 3.05) is 25.1 Å². The lowest BCUT2D eigenvalue weighted by atomic mass is 9.98. The van der Waals surface area contributed by atoms with Crippen molar-refractivity contribution in [2.24, 2.45) is 5.92 Å². The van der Waals surface area contributed by atoms with Crippen LogP contribution in [0.1, 0.15) is 38.5 Å². The normalized spacial score (nSPS) is 19.5. The van der Waals surface area contributed by atoms with Crippen molar-refractivity contribution >= 4 is 32.6 Å². The molecular weight excluding hydrogens is 334 g/mol. The van der Waals surface area contributed by atoms with Crippen molar-refractivity contribution in [1.82, 2.24) is 10.3 Å². The van der Waals surface area contributed by atoms with Crippen molar-refractivity contribution in [3.8, 4) is 5.75 Å². The van der Waals surface area contributed by atoms with Crippen LogP contribution in [-0.4, -0.2) is 37.1 Å². The van der Waals surface area contributed by atoms with E-state index in [1.165, 1.54) is 25.7 Å². The van der Waals surface area contributed by atoms with Gasteiger partial charge in [-0.1, -0.05) is 37.0 Å². The van der Waals surface area contributed by atoms with Crippen LogP contribution in [0.4, 0.5) is 5.13 Å². The van der Waals surface area contributed by atoms with Crippen molar-refractivity contribution in [3.05, 3.63) is 18.2 Å². The zero-order valence-corrected chi connectivity index (χ0v) is 15.5. The third-order valence-corrected chi connectivity index (χ3v) is 6.41. The van der Waals surface area contributed by atoms with E-state index in [1.807, 2.05) is 18.2 Å². The zero-order valence-electron chi connectivity index (χ0n) is 14.7. The number of anilines is 1. The van der Waals surface area contributed by atoms with Gasteiger partial charge in [-0.25, -0.2) is 4.98 Å². The van der Waals surface area contributed by atoms with E-state index < -0.39 is 0 Å². The van der Waals surface area contributed by atoms with E-state index in [1.54, 1.807) is 18.4 Å². The molecule has 4 rings (SSSR count). The molecule has 0 spiro atoms. The lowest BCUT2D eigenvalue weighted by molar-refractivity contribution is -0.126. The summed E-state index contributed by atoms with van der Waals surface area (Å²) in [4.78, 5) is 19.4. The molecule has 1 N–H and O–H groups in total. The monoisotopic (exact) mass is 359 g/mol. The van der Waals surface area contributed by atoms with Crippen molar-refractivity contribution < 1.29 is 9.53 Å². The molecule has 1 aliphatic heterocycles. The van der Waals surface area contributed by atoms with Gasteiger partial charge in [-0.05, 0) is 25.0 Å².